The number of hydrogen-bond donors (Lipinski definition) is 2. The third-order valence-corrected chi connectivity index (χ3v) is 8.59. The Hall–Kier alpha value is -1.25. The van der Waals surface area contributed by atoms with Crippen molar-refractivity contribution in [2.75, 3.05) is 13.2 Å². The minimum Gasteiger partial charge on any atom is -0.481 e. The molecule has 0 bridgehead atoms. The summed E-state index contributed by atoms with van der Waals surface area (Å²) in [6.07, 6.45) is 19.4. The Morgan fingerprint density at radius 2 is 1.74 bits per heavy atom. The second-order valence-corrected chi connectivity index (χ2v) is 12.0. The third-order valence-electron chi connectivity index (χ3n) is 8.59. The molecule has 1 saturated carbocycles. The standard InChI is InChI=1S/C32H54O7/c1-4-5-12-24(3)28(38-31-14-6-8-20-36-31)18-17-26-25(13-10-11-23(2)16-19-30(34)35)27(33)22-29(26)39-32-15-7-9-21-37-32/h10-11,17-18,23-29,31-33H,4-9,12-16,19-22H2,1-3H3,(H,34,35)/b11-10-,18-17+/t23?,24-,25-,26-,27+,28-,29-,31?,32?/m1/s1. The van der Waals surface area contributed by atoms with Crippen molar-refractivity contribution in [2.45, 2.75) is 135 Å². The van der Waals surface area contributed by atoms with Gasteiger partial charge in [-0.2, -0.15) is 0 Å². The summed E-state index contributed by atoms with van der Waals surface area (Å²) < 4.78 is 24.8. The fourth-order valence-corrected chi connectivity index (χ4v) is 6.05. The molecule has 2 N–H and O–H groups in total. The van der Waals surface area contributed by atoms with Crippen LogP contribution in [0.3, 0.4) is 0 Å². The normalized spacial score (nSPS) is 32.5. The molecular formula is C32H54O7. The van der Waals surface area contributed by atoms with Crippen molar-refractivity contribution < 1.29 is 34.0 Å². The molecule has 0 spiro atoms. The van der Waals surface area contributed by atoms with Crippen LogP contribution in [0.25, 0.3) is 0 Å². The molecule has 2 heterocycles. The molecule has 0 amide bonds. The minimum absolute atomic E-state index is 0.0234. The molecule has 3 rings (SSSR count). The molecule has 0 aromatic heterocycles. The molecule has 3 aliphatic rings. The van der Waals surface area contributed by atoms with Crippen LogP contribution in [0.4, 0.5) is 0 Å². The van der Waals surface area contributed by atoms with E-state index in [4.69, 9.17) is 24.1 Å². The maximum Gasteiger partial charge on any atom is 0.303 e. The van der Waals surface area contributed by atoms with Crippen LogP contribution in [0.15, 0.2) is 24.3 Å². The number of carboxylic acid groups (broad SMARTS) is 1. The molecule has 7 nitrogen and oxygen atoms in total. The number of aliphatic hydroxyl groups excluding tert-OH is 1. The van der Waals surface area contributed by atoms with Gasteiger partial charge < -0.3 is 29.2 Å². The second kappa shape index (κ2) is 17.5. The molecule has 1 aliphatic carbocycles. The van der Waals surface area contributed by atoms with Gasteiger partial charge in [-0.25, -0.2) is 0 Å². The molecule has 39 heavy (non-hydrogen) atoms. The van der Waals surface area contributed by atoms with Gasteiger partial charge in [0, 0.05) is 32.0 Å². The number of rotatable bonds is 16. The van der Waals surface area contributed by atoms with Crippen LogP contribution in [-0.2, 0) is 23.7 Å². The van der Waals surface area contributed by atoms with E-state index in [9.17, 15) is 9.90 Å². The molecule has 2 saturated heterocycles. The number of aliphatic hydroxyl groups is 1. The lowest BCUT2D eigenvalue weighted by Gasteiger charge is -2.31. The van der Waals surface area contributed by atoms with Crippen LogP contribution in [0.1, 0.15) is 104 Å². The van der Waals surface area contributed by atoms with Crippen molar-refractivity contribution in [3.63, 3.8) is 0 Å². The molecule has 3 unspecified atom stereocenters. The highest BCUT2D eigenvalue weighted by atomic mass is 16.7. The summed E-state index contributed by atoms with van der Waals surface area (Å²) in [5, 5.41) is 20.1. The smallest absolute Gasteiger partial charge is 0.303 e. The van der Waals surface area contributed by atoms with Gasteiger partial charge in [-0.05, 0) is 75.5 Å². The highest BCUT2D eigenvalue weighted by Crippen LogP contribution is 2.40. The Morgan fingerprint density at radius 3 is 2.38 bits per heavy atom. The van der Waals surface area contributed by atoms with E-state index in [0.717, 1.165) is 71.0 Å². The average molecular weight is 551 g/mol. The largest absolute Gasteiger partial charge is 0.481 e. The Balaban J connectivity index is 1.73. The highest BCUT2D eigenvalue weighted by molar-refractivity contribution is 5.66. The van der Waals surface area contributed by atoms with E-state index in [1.165, 1.54) is 6.42 Å². The van der Waals surface area contributed by atoms with E-state index >= 15 is 0 Å². The van der Waals surface area contributed by atoms with Crippen molar-refractivity contribution in [3.05, 3.63) is 24.3 Å². The third kappa shape index (κ3) is 11.3. The molecule has 224 valence electrons. The van der Waals surface area contributed by atoms with Crippen molar-refractivity contribution >= 4 is 5.97 Å². The van der Waals surface area contributed by atoms with Crippen LogP contribution in [0.5, 0.6) is 0 Å². The summed E-state index contributed by atoms with van der Waals surface area (Å²) in [4.78, 5) is 10.9. The van der Waals surface area contributed by atoms with Gasteiger partial charge in [0.2, 0.25) is 0 Å². The fourth-order valence-electron chi connectivity index (χ4n) is 6.05. The van der Waals surface area contributed by atoms with Gasteiger partial charge in [-0.1, -0.05) is 57.9 Å². The van der Waals surface area contributed by atoms with E-state index in [-0.39, 0.29) is 49.0 Å². The summed E-state index contributed by atoms with van der Waals surface area (Å²) in [6, 6.07) is 0. The van der Waals surface area contributed by atoms with Crippen LogP contribution >= 0.6 is 0 Å². The number of carbonyl (C=O) groups is 1. The Morgan fingerprint density at radius 1 is 1.03 bits per heavy atom. The first-order valence-corrected chi connectivity index (χ1v) is 15.7. The second-order valence-electron chi connectivity index (χ2n) is 12.0. The molecule has 0 radical (unpaired) electrons. The van der Waals surface area contributed by atoms with Gasteiger partial charge in [0.05, 0.1) is 18.3 Å². The van der Waals surface area contributed by atoms with Crippen LogP contribution in [0.2, 0.25) is 0 Å². The summed E-state index contributed by atoms with van der Waals surface area (Å²) in [6.45, 7) is 8.02. The van der Waals surface area contributed by atoms with E-state index in [1.54, 1.807) is 0 Å². The zero-order chi connectivity index (χ0) is 28.0. The van der Waals surface area contributed by atoms with Crippen LogP contribution in [0, 0.1) is 23.7 Å². The van der Waals surface area contributed by atoms with Crippen molar-refractivity contribution in [1.29, 1.82) is 0 Å². The lowest BCUT2D eigenvalue weighted by atomic mass is 9.88. The highest BCUT2D eigenvalue weighted by Gasteiger charge is 2.42. The summed E-state index contributed by atoms with van der Waals surface area (Å²) >= 11 is 0. The maximum atomic E-state index is 11.1. The van der Waals surface area contributed by atoms with Gasteiger partial charge in [0.15, 0.2) is 12.6 Å². The number of aliphatic carboxylic acids is 1. The first-order chi connectivity index (χ1) is 18.9. The summed E-state index contributed by atoms with van der Waals surface area (Å²) in [5.41, 5.74) is 0. The van der Waals surface area contributed by atoms with E-state index in [1.807, 2.05) is 6.92 Å². The summed E-state index contributed by atoms with van der Waals surface area (Å²) in [5.74, 6) is -0.145. The Kier molecular flexibility index (Phi) is 14.5. The Labute approximate surface area is 236 Å². The molecule has 7 heteroatoms. The van der Waals surface area contributed by atoms with Gasteiger partial charge in [0.25, 0.3) is 0 Å². The molecular weight excluding hydrogens is 496 g/mol. The van der Waals surface area contributed by atoms with Gasteiger partial charge in [-0.3, -0.25) is 4.79 Å². The van der Waals surface area contributed by atoms with Crippen LogP contribution < -0.4 is 0 Å². The predicted octanol–water partition coefficient (Wildman–Crippen LogP) is 6.64. The monoisotopic (exact) mass is 550 g/mol. The predicted molar refractivity (Wildman–Crippen MR) is 152 cm³/mol. The number of ether oxygens (including phenoxy) is 4. The first-order valence-electron chi connectivity index (χ1n) is 15.7. The first kappa shape index (κ1) is 32.3. The fraction of sp³-hybridized carbons (Fsp3) is 0.844. The molecule has 3 fully saturated rings. The van der Waals surface area contributed by atoms with Crippen molar-refractivity contribution in [1.82, 2.24) is 0 Å². The average Bonchev–Trinajstić information content (AvgIpc) is 3.22. The lowest BCUT2D eigenvalue weighted by molar-refractivity contribution is -0.193. The van der Waals surface area contributed by atoms with Gasteiger partial charge in [-0.15, -0.1) is 0 Å². The molecule has 0 aromatic carbocycles. The quantitative estimate of drug-likeness (QED) is 0.208. The number of hydrogen-bond acceptors (Lipinski definition) is 6. The topological polar surface area (TPSA) is 94.5 Å². The van der Waals surface area contributed by atoms with Gasteiger partial charge in [0.1, 0.15) is 0 Å². The minimum atomic E-state index is -0.764. The number of unbranched alkanes of at least 4 members (excludes halogenated alkanes) is 1. The van der Waals surface area contributed by atoms with E-state index in [2.05, 4.69) is 38.2 Å². The SMILES string of the molecule is CCCC[C@@H](C)[C@@H](/C=C/[C@@H]1[C@@H](C/C=C\C(C)CCC(=O)O)[C@@H](O)C[C@H]1OC1CCCCO1)OC1CCCCO1. The lowest BCUT2D eigenvalue weighted by Crippen LogP contribution is -2.32. The van der Waals surface area contributed by atoms with Crippen molar-refractivity contribution in [3.8, 4) is 0 Å². The Bertz CT molecular complexity index is 741. The number of allylic oxidation sites excluding steroid dienone is 2. The molecule has 2 aliphatic heterocycles. The van der Waals surface area contributed by atoms with E-state index < -0.39 is 12.1 Å². The van der Waals surface area contributed by atoms with Gasteiger partial charge >= 0.3 is 5.97 Å². The molecule has 0 aromatic rings. The summed E-state index contributed by atoms with van der Waals surface area (Å²) in [7, 11) is 0. The van der Waals surface area contributed by atoms with Crippen LogP contribution in [-0.4, -0.2) is 60.3 Å². The number of carboxylic acids is 1. The van der Waals surface area contributed by atoms with E-state index in [0.29, 0.717) is 18.8 Å². The zero-order valence-electron chi connectivity index (χ0n) is 24.5. The zero-order valence-corrected chi connectivity index (χ0v) is 24.5. The van der Waals surface area contributed by atoms with Crippen molar-refractivity contribution in [2.24, 2.45) is 23.7 Å². The molecule has 9 atom stereocenters. The maximum absolute atomic E-state index is 11.1.